The molecule has 3 atom stereocenters. The Morgan fingerprint density at radius 3 is 2.80 bits per heavy atom. The summed E-state index contributed by atoms with van der Waals surface area (Å²) in [6, 6.07) is 0. The van der Waals surface area contributed by atoms with Crippen molar-refractivity contribution >= 4 is 0 Å². The van der Waals surface area contributed by atoms with Crippen LogP contribution < -0.4 is 5.32 Å². The normalized spacial score (nSPS) is 26.9. The van der Waals surface area contributed by atoms with Gasteiger partial charge in [-0.05, 0) is 62.6 Å². The Kier molecular flexibility index (Phi) is 6.08. The molecule has 1 saturated carbocycles. The van der Waals surface area contributed by atoms with Crippen LogP contribution in [0.1, 0.15) is 51.0 Å². The minimum atomic E-state index is 0.879. The van der Waals surface area contributed by atoms with E-state index in [1.807, 2.05) is 17.9 Å². The molecule has 1 heterocycles. The lowest BCUT2D eigenvalue weighted by molar-refractivity contribution is 0.161. The highest BCUT2D eigenvalue weighted by Gasteiger charge is 2.29. The van der Waals surface area contributed by atoms with Gasteiger partial charge in [0.2, 0.25) is 0 Å². The Labute approximate surface area is 124 Å². The van der Waals surface area contributed by atoms with Crippen molar-refractivity contribution in [2.75, 3.05) is 13.6 Å². The van der Waals surface area contributed by atoms with E-state index in [2.05, 4.69) is 30.6 Å². The molecule has 2 rings (SSSR count). The van der Waals surface area contributed by atoms with Gasteiger partial charge >= 0.3 is 0 Å². The van der Waals surface area contributed by atoms with Gasteiger partial charge in [-0.2, -0.15) is 5.10 Å². The van der Waals surface area contributed by atoms with Crippen LogP contribution in [0.5, 0.6) is 0 Å². The van der Waals surface area contributed by atoms with E-state index in [1.54, 1.807) is 0 Å². The summed E-state index contributed by atoms with van der Waals surface area (Å²) < 4.78 is 1.92. The highest BCUT2D eigenvalue weighted by molar-refractivity contribution is 5.04. The molecule has 1 aromatic heterocycles. The van der Waals surface area contributed by atoms with Gasteiger partial charge in [-0.1, -0.05) is 26.2 Å². The molecule has 1 aliphatic carbocycles. The zero-order valence-corrected chi connectivity index (χ0v) is 13.4. The second kappa shape index (κ2) is 7.82. The molecule has 0 bridgehead atoms. The third kappa shape index (κ3) is 4.34. The molecule has 20 heavy (non-hydrogen) atoms. The van der Waals surface area contributed by atoms with Crippen LogP contribution in [-0.2, 0) is 13.5 Å². The third-order valence-electron chi connectivity index (χ3n) is 4.97. The van der Waals surface area contributed by atoms with Crippen molar-refractivity contribution in [1.29, 1.82) is 0 Å². The molecule has 0 aliphatic heterocycles. The summed E-state index contributed by atoms with van der Waals surface area (Å²) in [4.78, 5) is 0. The zero-order chi connectivity index (χ0) is 14.4. The highest BCUT2D eigenvalue weighted by Crippen LogP contribution is 2.38. The van der Waals surface area contributed by atoms with Crippen molar-refractivity contribution < 1.29 is 0 Å². The van der Waals surface area contributed by atoms with E-state index < -0.39 is 0 Å². The van der Waals surface area contributed by atoms with E-state index in [0.29, 0.717) is 0 Å². The van der Waals surface area contributed by atoms with Gasteiger partial charge in [0.05, 0.1) is 6.20 Å². The Morgan fingerprint density at radius 2 is 2.15 bits per heavy atom. The number of aryl methyl sites for hydroxylation is 2. The van der Waals surface area contributed by atoms with Crippen molar-refractivity contribution in [2.24, 2.45) is 24.8 Å². The third-order valence-corrected chi connectivity index (χ3v) is 4.97. The van der Waals surface area contributed by atoms with Gasteiger partial charge in [0, 0.05) is 13.2 Å². The average Bonchev–Trinajstić information content (AvgIpc) is 2.85. The first-order valence-corrected chi connectivity index (χ1v) is 8.35. The zero-order valence-electron chi connectivity index (χ0n) is 13.4. The minimum Gasteiger partial charge on any atom is -0.319 e. The van der Waals surface area contributed by atoms with Crippen molar-refractivity contribution in [2.45, 2.75) is 51.9 Å². The van der Waals surface area contributed by atoms with Crippen LogP contribution in [0.3, 0.4) is 0 Å². The monoisotopic (exact) mass is 277 g/mol. The smallest absolute Gasteiger partial charge is 0.0521 e. The highest BCUT2D eigenvalue weighted by atomic mass is 15.2. The maximum absolute atomic E-state index is 4.28. The van der Waals surface area contributed by atoms with Gasteiger partial charge in [-0.3, -0.25) is 4.68 Å². The van der Waals surface area contributed by atoms with E-state index >= 15 is 0 Å². The first-order valence-electron chi connectivity index (χ1n) is 8.35. The summed E-state index contributed by atoms with van der Waals surface area (Å²) in [7, 11) is 4.10. The summed E-state index contributed by atoms with van der Waals surface area (Å²) in [5.74, 6) is 2.75. The Hall–Kier alpha value is -0.830. The van der Waals surface area contributed by atoms with Crippen molar-refractivity contribution in [3.63, 3.8) is 0 Å². The van der Waals surface area contributed by atoms with Crippen molar-refractivity contribution in [1.82, 2.24) is 15.1 Å². The summed E-state index contributed by atoms with van der Waals surface area (Å²) in [6.45, 7) is 3.51. The van der Waals surface area contributed by atoms with E-state index in [9.17, 15) is 0 Å². The molecule has 0 radical (unpaired) electrons. The molecule has 114 valence electrons. The summed E-state index contributed by atoms with van der Waals surface area (Å²) in [5, 5.41) is 7.68. The SMILES string of the molecule is CCCC1CCC(CNC)C(CCc2cnn(C)c2)C1. The Morgan fingerprint density at radius 1 is 1.30 bits per heavy atom. The summed E-state index contributed by atoms with van der Waals surface area (Å²) >= 11 is 0. The van der Waals surface area contributed by atoms with E-state index in [0.717, 1.165) is 17.8 Å². The lowest BCUT2D eigenvalue weighted by Crippen LogP contribution is -2.32. The van der Waals surface area contributed by atoms with Gasteiger partial charge in [-0.25, -0.2) is 0 Å². The van der Waals surface area contributed by atoms with E-state index in [-0.39, 0.29) is 0 Å². The molecule has 3 heteroatoms. The predicted molar refractivity (Wildman–Crippen MR) is 84.7 cm³/mol. The largest absolute Gasteiger partial charge is 0.319 e. The van der Waals surface area contributed by atoms with Gasteiger partial charge in [0.25, 0.3) is 0 Å². The standard InChI is InChI=1S/C17H31N3/c1-4-5-14-6-9-17(12-18-2)16(10-14)8-7-15-11-19-20(3)13-15/h11,13-14,16-18H,4-10,12H2,1-3H3. The fourth-order valence-electron chi connectivity index (χ4n) is 3.93. The number of hydrogen-bond acceptors (Lipinski definition) is 2. The molecule has 1 N–H and O–H groups in total. The van der Waals surface area contributed by atoms with E-state index in [1.165, 1.54) is 57.1 Å². The number of nitrogens with one attached hydrogen (secondary N) is 1. The van der Waals surface area contributed by atoms with Crippen LogP contribution in [0.25, 0.3) is 0 Å². The van der Waals surface area contributed by atoms with Crippen LogP contribution in [0.4, 0.5) is 0 Å². The number of nitrogens with zero attached hydrogens (tertiary/aromatic N) is 2. The molecule has 3 unspecified atom stereocenters. The van der Waals surface area contributed by atoms with Crippen LogP contribution in [0.15, 0.2) is 12.4 Å². The molecular formula is C17H31N3. The first kappa shape index (κ1) is 15.6. The molecular weight excluding hydrogens is 246 g/mol. The topological polar surface area (TPSA) is 29.9 Å². The molecule has 1 aromatic rings. The molecule has 0 saturated heterocycles. The fourth-order valence-corrected chi connectivity index (χ4v) is 3.93. The quantitative estimate of drug-likeness (QED) is 0.828. The van der Waals surface area contributed by atoms with Crippen LogP contribution in [0.2, 0.25) is 0 Å². The lowest BCUT2D eigenvalue weighted by atomic mass is 9.71. The minimum absolute atomic E-state index is 0.879. The number of aromatic nitrogens is 2. The maximum Gasteiger partial charge on any atom is 0.0521 e. The van der Waals surface area contributed by atoms with Crippen LogP contribution in [-0.4, -0.2) is 23.4 Å². The molecule has 1 aliphatic rings. The first-order chi connectivity index (χ1) is 9.72. The molecule has 3 nitrogen and oxygen atoms in total. The van der Waals surface area contributed by atoms with E-state index in [4.69, 9.17) is 0 Å². The second-order valence-corrected chi connectivity index (χ2v) is 6.61. The Bertz CT molecular complexity index is 385. The molecule has 0 amide bonds. The van der Waals surface area contributed by atoms with Crippen LogP contribution >= 0.6 is 0 Å². The van der Waals surface area contributed by atoms with Gasteiger partial charge in [-0.15, -0.1) is 0 Å². The average molecular weight is 277 g/mol. The lowest BCUT2D eigenvalue weighted by Gasteiger charge is -2.36. The van der Waals surface area contributed by atoms with Gasteiger partial charge < -0.3 is 5.32 Å². The number of hydrogen-bond donors (Lipinski definition) is 1. The van der Waals surface area contributed by atoms with Crippen molar-refractivity contribution in [3.05, 3.63) is 18.0 Å². The number of rotatable bonds is 7. The van der Waals surface area contributed by atoms with Crippen LogP contribution in [0, 0.1) is 17.8 Å². The maximum atomic E-state index is 4.28. The predicted octanol–water partition coefficient (Wildman–Crippen LogP) is 3.40. The summed E-state index contributed by atoms with van der Waals surface area (Å²) in [6.07, 6.45) is 13.8. The molecule has 0 spiro atoms. The second-order valence-electron chi connectivity index (χ2n) is 6.61. The van der Waals surface area contributed by atoms with Gasteiger partial charge in [0.1, 0.15) is 0 Å². The molecule has 1 fully saturated rings. The molecule has 0 aromatic carbocycles. The van der Waals surface area contributed by atoms with Gasteiger partial charge in [0.15, 0.2) is 0 Å². The fraction of sp³-hybridized carbons (Fsp3) is 0.824. The van der Waals surface area contributed by atoms with Crippen molar-refractivity contribution in [3.8, 4) is 0 Å². The Balaban J connectivity index is 1.88. The summed E-state index contributed by atoms with van der Waals surface area (Å²) in [5.41, 5.74) is 1.40.